The highest BCUT2D eigenvalue weighted by molar-refractivity contribution is 5.91. The Kier molecular flexibility index (Phi) is 6.08. The summed E-state index contributed by atoms with van der Waals surface area (Å²) in [5.41, 5.74) is 3.92. The lowest BCUT2D eigenvalue weighted by Crippen LogP contribution is -2.32. The number of methoxy groups -OCH3 is 2. The number of carbonyl (C=O) groups excluding carboxylic acids is 1. The Bertz CT molecular complexity index is 1170. The van der Waals surface area contributed by atoms with Crippen molar-refractivity contribution in [1.29, 1.82) is 0 Å². The van der Waals surface area contributed by atoms with Crippen LogP contribution in [0.2, 0.25) is 0 Å². The first-order chi connectivity index (χ1) is 15.2. The highest BCUT2D eigenvalue weighted by Crippen LogP contribution is 2.31. The molecular formula is C25H25N3O3. The molecule has 3 aromatic carbocycles. The molecule has 158 valence electrons. The molecule has 31 heavy (non-hydrogen) atoms. The lowest BCUT2D eigenvalue weighted by atomic mass is 9.91. The molecule has 1 atom stereocenters. The van der Waals surface area contributed by atoms with Crippen molar-refractivity contribution in [2.45, 2.75) is 5.92 Å². The maximum absolute atomic E-state index is 12.7. The van der Waals surface area contributed by atoms with Gasteiger partial charge in [0, 0.05) is 35.6 Å². The summed E-state index contributed by atoms with van der Waals surface area (Å²) in [5, 5.41) is 7.02. The Morgan fingerprint density at radius 3 is 2.52 bits per heavy atom. The summed E-state index contributed by atoms with van der Waals surface area (Å²) in [6, 6.07) is 23.3. The topological polar surface area (TPSA) is 75.4 Å². The van der Waals surface area contributed by atoms with Crippen molar-refractivity contribution in [3.8, 4) is 11.5 Å². The summed E-state index contributed by atoms with van der Waals surface area (Å²) in [7, 11) is 3.14. The van der Waals surface area contributed by atoms with Gasteiger partial charge in [-0.2, -0.15) is 0 Å². The van der Waals surface area contributed by atoms with E-state index in [-0.39, 0.29) is 11.9 Å². The smallest absolute Gasteiger partial charge is 0.319 e. The van der Waals surface area contributed by atoms with Crippen LogP contribution in [0.5, 0.6) is 11.5 Å². The summed E-state index contributed by atoms with van der Waals surface area (Å²) < 4.78 is 10.6. The van der Waals surface area contributed by atoms with Crippen LogP contribution in [0.3, 0.4) is 0 Å². The molecule has 2 amide bonds. The standard InChI is InChI=1S/C25H25N3O3/c1-30-18-12-13-23(24(14-18)31-2)28-25(29)27-15-20(17-8-4-3-5-9-17)21-16-26-22-11-7-6-10-19(21)22/h3-14,16,20,26H,15H2,1-2H3,(H2,27,28,29)/t20-/m1/s1. The molecule has 0 aliphatic carbocycles. The molecule has 4 aromatic rings. The molecule has 6 nitrogen and oxygen atoms in total. The predicted molar refractivity (Wildman–Crippen MR) is 123 cm³/mol. The van der Waals surface area contributed by atoms with Gasteiger partial charge in [0.25, 0.3) is 0 Å². The normalized spacial score (nSPS) is 11.7. The van der Waals surface area contributed by atoms with Gasteiger partial charge in [0.2, 0.25) is 0 Å². The van der Waals surface area contributed by atoms with Crippen LogP contribution in [0.15, 0.2) is 79.0 Å². The van der Waals surface area contributed by atoms with E-state index in [4.69, 9.17) is 9.47 Å². The largest absolute Gasteiger partial charge is 0.497 e. The van der Waals surface area contributed by atoms with Gasteiger partial charge in [-0.25, -0.2) is 4.79 Å². The van der Waals surface area contributed by atoms with E-state index in [1.807, 2.05) is 36.5 Å². The van der Waals surface area contributed by atoms with Crippen molar-refractivity contribution >= 4 is 22.6 Å². The Morgan fingerprint density at radius 2 is 1.74 bits per heavy atom. The van der Waals surface area contributed by atoms with E-state index in [1.165, 1.54) is 0 Å². The van der Waals surface area contributed by atoms with E-state index >= 15 is 0 Å². The third kappa shape index (κ3) is 4.48. The van der Waals surface area contributed by atoms with Crippen LogP contribution in [0.4, 0.5) is 10.5 Å². The third-order valence-electron chi connectivity index (χ3n) is 5.32. The first-order valence-corrected chi connectivity index (χ1v) is 10.1. The highest BCUT2D eigenvalue weighted by atomic mass is 16.5. The second-order valence-corrected chi connectivity index (χ2v) is 7.15. The minimum absolute atomic E-state index is 0.000799. The number of ether oxygens (including phenoxy) is 2. The number of amides is 2. The number of nitrogens with one attached hydrogen (secondary N) is 3. The molecule has 0 saturated carbocycles. The second-order valence-electron chi connectivity index (χ2n) is 7.15. The van der Waals surface area contributed by atoms with Crippen LogP contribution in [-0.4, -0.2) is 31.8 Å². The van der Waals surface area contributed by atoms with Crippen LogP contribution in [0, 0.1) is 0 Å². The molecule has 0 unspecified atom stereocenters. The van der Waals surface area contributed by atoms with Gasteiger partial charge in [-0.3, -0.25) is 0 Å². The minimum atomic E-state index is -0.302. The number of carbonyl (C=O) groups is 1. The Labute approximate surface area is 181 Å². The number of aromatic amines is 1. The van der Waals surface area contributed by atoms with Gasteiger partial charge in [-0.05, 0) is 29.3 Å². The number of H-pyrrole nitrogens is 1. The van der Waals surface area contributed by atoms with E-state index in [0.717, 1.165) is 22.0 Å². The van der Waals surface area contributed by atoms with E-state index in [2.05, 4.69) is 39.9 Å². The molecule has 6 heteroatoms. The summed E-state index contributed by atoms with van der Waals surface area (Å²) in [4.78, 5) is 16.0. The first-order valence-electron chi connectivity index (χ1n) is 10.1. The Morgan fingerprint density at radius 1 is 0.968 bits per heavy atom. The molecule has 0 aliphatic rings. The number of hydrogen-bond acceptors (Lipinski definition) is 3. The maximum atomic E-state index is 12.7. The van der Waals surface area contributed by atoms with Crippen LogP contribution in [0.25, 0.3) is 10.9 Å². The average molecular weight is 415 g/mol. The van der Waals surface area contributed by atoms with Gasteiger partial charge >= 0.3 is 6.03 Å². The van der Waals surface area contributed by atoms with E-state index in [1.54, 1.807) is 32.4 Å². The number of fused-ring (bicyclic) bond motifs is 1. The molecular weight excluding hydrogens is 390 g/mol. The molecule has 4 rings (SSSR count). The van der Waals surface area contributed by atoms with E-state index in [9.17, 15) is 4.79 Å². The molecule has 3 N–H and O–H groups in total. The van der Waals surface area contributed by atoms with Crippen LogP contribution >= 0.6 is 0 Å². The lowest BCUT2D eigenvalue weighted by Gasteiger charge is -2.19. The molecule has 0 saturated heterocycles. The summed E-state index contributed by atoms with van der Waals surface area (Å²) in [6.07, 6.45) is 2.02. The molecule has 0 spiro atoms. The van der Waals surface area contributed by atoms with Crippen molar-refractivity contribution < 1.29 is 14.3 Å². The molecule has 0 bridgehead atoms. The van der Waals surface area contributed by atoms with Gasteiger partial charge in [-0.1, -0.05) is 48.5 Å². The van der Waals surface area contributed by atoms with Crippen LogP contribution < -0.4 is 20.1 Å². The Hall–Kier alpha value is -3.93. The average Bonchev–Trinajstić information content (AvgIpc) is 3.24. The zero-order valence-corrected chi connectivity index (χ0v) is 17.5. The number of anilines is 1. The van der Waals surface area contributed by atoms with Crippen LogP contribution in [0.1, 0.15) is 17.0 Å². The zero-order chi connectivity index (χ0) is 21.6. The highest BCUT2D eigenvalue weighted by Gasteiger charge is 2.19. The fraction of sp³-hybridized carbons (Fsp3) is 0.160. The molecule has 0 aliphatic heterocycles. The van der Waals surface area contributed by atoms with E-state index < -0.39 is 0 Å². The lowest BCUT2D eigenvalue weighted by molar-refractivity contribution is 0.251. The predicted octanol–water partition coefficient (Wildman–Crippen LogP) is 5.14. The molecule has 1 heterocycles. The fourth-order valence-corrected chi connectivity index (χ4v) is 3.74. The van der Waals surface area contributed by atoms with Crippen molar-refractivity contribution in [3.05, 3.63) is 90.1 Å². The minimum Gasteiger partial charge on any atom is -0.497 e. The third-order valence-corrected chi connectivity index (χ3v) is 5.32. The molecule has 0 radical (unpaired) electrons. The first kappa shape index (κ1) is 20.3. The van der Waals surface area contributed by atoms with E-state index in [0.29, 0.717) is 23.7 Å². The maximum Gasteiger partial charge on any atom is 0.319 e. The zero-order valence-electron chi connectivity index (χ0n) is 17.5. The van der Waals surface area contributed by atoms with Crippen molar-refractivity contribution in [3.63, 3.8) is 0 Å². The van der Waals surface area contributed by atoms with Crippen molar-refractivity contribution in [2.75, 3.05) is 26.1 Å². The number of rotatable bonds is 7. The number of hydrogen-bond donors (Lipinski definition) is 3. The summed E-state index contributed by atoms with van der Waals surface area (Å²) in [5.74, 6) is 1.19. The van der Waals surface area contributed by atoms with Gasteiger partial charge in [0.1, 0.15) is 11.5 Å². The van der Waals surface area contributed by atoms with Gasteiger partial charge in [-0.15, -0.1) is 0 Å². The van der Waals surface area contributed by atoms with Crippen LogP contribution in [-0.2, 0) is 0 Å². The fourth-order valence-electron chi connectivity index (χ4n) is 3.74. The SMILES string of the molecule is COc1ccc(NC(=O)NC[C@H](c2ccccc2)c2c[nH]c3ccccc23)c(OC)c1. The number of benzene rings is 3. The number of para-hydroxylation sites is 1. The van der Waals surface area contributed by atoms with Gasteiger partial charge in [0.05, 0.1) is 19.9 Å². The number of aromatic nitrogens is 1. The van der Waals surface area contributed by atoms with Gasteiger partial charge < -0.3 is 25.1 Å². The quantitative estimate of drug-likeness (QED) is 0.391. The second kappa shape index (κ2) is 9.26. The molecule has 1 aromatic heterocycles. The summed E-state index contributed by atoms with van der Waals surface area (Å²) >= 11 is 0. The van der Waals surface area contributed by atoms with Crippen molar-refractivity contribution in [2.24, 2.45) is 0 Å². The van der Waals surface area contributed by atoms with Crippen molar-refractivity contribution in [1.82, 2.24) is 10.3 Å². The summed E-state index contributed by atoms with van der Waals surface area (Å²) in [6.45, 7) is 0.441. The van der Waals surface area contributed by atoms with Gasteiger partial charge in [0.15, 0.2) is 0 Å². The number of urea groups is 1. The molecule has 0 fully saturated rings. The monoisotopic (exact) mass is 415 g/mol. The Balaban J connectivity index is 1.54.